The summed E-state index contributed by atoms with van der Waals surface area (Å²) < 4.78 is 0. The van der Waals surface area contributed by atoms with E-state index in [1.807, 2.05) is 0 Å². The molecule has 6 heteroatoms. The predicted octanol–water partition coefficient (Wildman–Crippen LogP) is -0.163. The number of carboxylic acid groups (broad SMARTS) is 1. The van der Waals surface area contributed by atoms with Crippen LogP contribution in [0.1, 0.15) is 6.92 Å². The molecule has 0 rings (SSSR count). The van der Waals surface area contributed by atoms with Gasteiger partial charge >= 0.3 is 14.6 Å². The standard InChI is InChI=1S/C4H6O2.H3O3P/c1-3(2)4(5)6;1-4(2)3/h1H2,2H3,(H,5,6);1-3H. The summed E-state index contributed by atoms with van der Waals surface area (Å²) in [5.74, 6) is -0.935. The first-order valence-electron chi connectivity index (χ1n) is 2.13. The number of carbonyl (C=O) groups is 1. The lowest BCUT2D eigenvalue weighted by Crippen LogP contribution is -1.92. The third-order valence-corrected chi connectivity index (χ3v) is 0.365. The molecule has 0 aromatic heterocycles. The zero-order valence-electron chi connectivity index (χ0n) is 5.35. The van der Waals surface area contributed by atoms with Crippen molar-refractivity contribution in [3.63, 3.8) is 0 Å². The van der Waals surface area contributed by atoms with Gasteiger partial charge in [-0.05, 0) is 6.92 Å². The van der Waals surface area contributed by atoms with Gasteiger partial charge in [0.1, 0.15) is 0 Å². The van der Waals surface area contributed by atoms with Crippen LogP contribution in [0.25, 0.3) is 0 Å². The Hall–Kier alpha value is -0.480. The quantitative estimate of drug-likeness (QED) is 0.322. The van der Waals surface area contributed by atoms with Crippen LogP contribution < -0.4 is 0 Å². The van der Waals surface area contributed by atoms with E-state index in [2.05, 4.69) is 6.58 Å². The maximum absolute atomic E-state index is 9.60. The Balaban J connectivity index is 0. The normalized spacial score (nSPS) is 8.10. The number of aliphatic carboxylic acids is 1. The van der Waals surface area contributed by atoms with Crippen LogP contribution in [0.3, 0.4) is 0 Å². The highest BCUT2D eigenvalue weighted by Crippen LogP contribution is 2.11. The van der Waals surface area contributed by atoms with Gasteiger partial charge in [-0.2, -0.15) is 0 Å². The molecular formula is C4H9O5P. The Morgan fingerprint density at radius 1 is 1.40 bits per heavy atom. The molecule has 0 radical (unpaired) electrons. The summed E-state index contributed by atoms with van der Waals surface area (Å²) in [7, 11) is -2.62. The van der Waals surface area contributed by atoms with Gasteiger partial charge in [-0.1, -0.05) is 6.58 Å². The number of carboxylic acids is 1. The minimum Gasteiger partial charge on any atom is -0.478 e. The van der Waals surface area contributed by atoms with E-state index in [0.29, 0.717) is 0 Å². The molecule has 0 saturated heterocycles. The second kappa shape index (κ2) is 6.64. The smallest absolute Gasteiger partial charge is 0.330 e. The summed E-state index contributed by atoms with van der Waals surface area (Å²) in [5.41, 5.74) is 0.176. The molecule has 5 nitrogen and oxygen atoms in total. The molecule has 0 spiro atoms. The summed E-state index contributed by atoms with van der Waals surface area (Å²) in [5, 5.41) is 7.89. The molecule has 0 heterocycles. The molecular weight excluding hydrogens is 159 g/mol. The van der Waals surface area contributed by atoms with Crippen molar-refractivity contribution in [3.05, 3.63) is 12.2 Å². The number of hydrogen-bond acceptors (Lipinski definition) is 4. The third kappa shape index (κ3) is 25.8. The van der Waals surface area contributed by atoms with Crippen molar-refractivity contribution >= 4 is 14.6 Å². The molecule has 0 unspecified atom stereocenters. The molecule has 0 aliphatic rings. The summed E-state index contributed by atoms with van der Waals surface area (Å²) in [6.07, 6.45) is 0. The van der Waals surface area contributed by atoms with Crippen molar-refractivity contribution < 1.29 is 24.6 Å². The minimum atomic E-state index is -2.62. The lowest BCUT2D eigenvalue weighted by atomic mass is 10.4. The van der Waals surface area contributed by atoms with Gasteiger partial charge in [0.15, 0.2) is 0 Å². The highest BCUT2D eigenvalue weighted by atomic mass is 31.2. The Kier molecular flexibility index (Phi) is 8.11. The highest BCUT2D eigenvalue weighted by Gasteiger charge is 1.90. The van der Waals surface area contributed by atoms with Crippen molar-refractivity contribution in [2.45, 2.75) is 6.92 Å². The van der Waals surface area contributed by atoms with Gasteiger partial charge in [0, 0.05) is 5.57 Å². The molecule has 0 bridgehead atoms. The van der Waals surface area contributed by atoms with Crippen molar-refractivity contribution in [2.75, 3.05) is 0 Å². The molecule has 4 N–H and O–H groups in total. The fourth-order valence-electron chi connectivity index (χ4n) is 0. The monoisotopic (exact) mass is 168 g/mol. The van der Waals surface area contributed by atoms with E-state index in [1.165, 1.54) is 6.92 Å². The first-order valence-corrected chi connectivity index (χ1v) is 3.33. The van der Waals surface area contributed by atoms with Gasteiger partial charge in [-0.15, -0.1) is 0 Å². The number of hydrogen-bond donors (Lipinski definition) is 4. The molecule has 0 fully saturated rings. The van der Waals surface area contributed by atoms with Crippen LogP contribution in [0.5, 0.6) is 0 Å². The minimum absolute atomic E-state index is 0.176. The Bertz CT molecular complexity index is 106. The van der Waals surface area contributed by atoms with E-state index in [1.54, 1.807) is 0 Å². The van der Waals surface area contributed by atoms with Gasteiger partial charge in [0.05, 0.1) is 0 Å². The second-order valence-corrected chi connectivity index (χ2v) is 1.89. The molecule has 0 aromatic rings. The van der Waals surface area contributed by atoms with Crippen LogP contribution in [-0.2, 0) is 4.79 Å². The molecule has 60 valence electrons. The van der Waals surface area contributed by atoms with E-state index >= 15 is 0 Å². The van der Waals surface area contributed by atoms with Gasteiger partial charge in [0.25, 0.3) is 0 Å². The molecule has 0 amide bonds. The molecule has 10 heavy (non-hydrogen) atoms. The molecule has 0 aliphatic heterocycles. The van der Waals surface area contributed by atoms with Crippen molar-refractivity contribution in [1.82, 2.24) is 0 Å². The van der Waals surface area contributed by atoms with E-state index in [4.69, 9.17) is 19.8 Å². The van der Waals surface area contributed by atoms with Crippen molar-refractivity contribution in [2.24, 2.45) is 0 Å². The highest BCUT2D eigenvalue weighted by molar-refractivity contribution is 7.38. The summed E-state index contributed by atoms with van der Waals surface area (Å²) in [6, 6.07) is 0. The van der Waals surface area contributed by atoms with Crippen LogP contribution in [0.2, 0.25) is 0 Å². The van der Waals surface area contributed by atoms with Gasteiger partial charge in [0.2, 0.25) is 0 Å². The molecule has 0 atom stereocenters. The first kappa shape index (κ1) is 12.2. The third-order valence-electron chi connectivity index (χ3n) is 0.365. The van der Waals surface area contributed by atoms with E-state index in [0.717, 1.165) is 0 Å². The average molecular weight is 168 g/mol. The maximum atomic E-state index is 9.60. The zero-order valence-corrected chi connectivity index (χ0v) is 6.25. The van der Waals surface area contributed by atoms with Crippen LogP contribution in [0.15, 0.2) is 12.2 Å². The van der Waals surface area contributed by atoms with Crippen LogP contribution in [-0.4, -0.2) is 25.8 Å². The van der Waals surface area contributed by atoms with Crippen molar-refractivity contribution in [3.8, 4) is 0 Å². The van der Waals surface area contributed by atoms with E-state index in [9.17, 15) is 4.79 Å². The predicted molar refractivity (Wildman–Crippen MR) is 36.0 cm³/mol. The Morgan fingerprint density at radius 2 is 1.50 bits per heavy atom. The second-order valence-electron chi connectivity index (χ2n) is 1.35. The number of rotatable bonds is 1. The maximum Gasteiger partial charge on any atom is 0.330 e. The van der Waals surface area contributed by atoms with Gasteiger partial charge in [-0.25, -0.2) is 4.79 Å². The largest absolute Gasteiger partial charge is 0.478 e. The lowest BCUT2D eigenvalue weighted by molar-refractivity contribution is -0.132. The Morgan fingerprint density at radius 3 is 1.50 bits per heavy atom. The topological polar surface area (TPSA) is 98.0 Å². The van der Waals surface area contributed by atoms with Crippen LogP contribution in [0, 0.1) is 0 Å². The molecule has 0 aliphatic carbocycles. The van der Waals surface area contributed by atoms with Gasteiger partial charge < -0.3 is 19.8 Å². The zero-order chi connectivity index (χ0) is 8.73. The first-order chi connectivity index (χ1) is 4.37. The average Bonchev–Trinajstić information content (AvgIpc) is 1.63. The summed E-state index contributed by atoms with van der Waals surface area (Å²) in [4.78, 5) is 31.3. The fourth-order valence-corrected chi connectivity index (χ4v) is 0. The summed E-state index contributed by atoms with van der Waals surface area (Å²) >= 11 is 0. The fraction of sp³-hybridized carbons (Fsp3) is 0.250. The molecule has 0 saturated carbocycles. The van der Waals surface area contributed by atoms with Gasteiger partial charge in [-0.3, -0.25) is 0 Å². The lowest BCUT2D eigenvalue weighted by Gasteiger charge is -1.79. The van der Waals surface area contributed by atoms with Crippen LogP contribution >= 0.6 is 8.60 Å². The van der Waals surface area contributed by atoms with Crippen molar-refractivity contribution in [1.29, 1.82) is 0 Å². The van der Waals surface area contributed by atoms with E-state index < -0.39 is 14.6 Å². The van der Waals surface area contributed by atoms with E-state index in [-0.39, 0.29) is 5.57 Å². The van der Waals surface area contributed by atoms with Crippen LogP contribution in [0.4, 0.5) is 0 Å². The summed E-state index contributed by atoms with van der Waals surface area (Å²) in [6.45, 7) is 4.60. The molecule has 0 aromatic carbocycles. The SMILES string of the molecule is C=C(C)C(=O)O.OP(O)O. The Labute approximate surface area is 59.2 Å².